The molecule has 1 heterocycles. The van der Waals surface area contributed by atoms with Crippen molar-refractivity contribution in [3.8, 4) is 0 Å². The van der Waals surface area contributed by atoms with E-state index < -0.39 is 6.10 Å². The van der Waals surface area contributed by atoms with E-state index in [9.17, 15) is 5.11 Å². The van der Waals surface area contributed by atoms with Crippen LogP contribution in [-0.4, -0.2) is 43.2 Å². The van der Waals surface area contributed by atoms with Gasteiger partial charge in [0.05, 0.1) is 6.10 Å². The van der Waals surface area contributed by atoms with E-state index in [2.05, 4.69) is 15.5 Å². The molecule has 19 heavy (non-hydrogen) atoms. The molecule has 3 N–H and O–H groups in total. The van der Waals surface area contributed by atoms with Gasteiger partial charge in [0, 0.05) is 18.8 Å². The van der Waals surface area contributed by atoms with Gasteiger partial charge in [-0.15, -0.1) is 5.10 Å². The van der Waals surface area contributed by atoms with Gasteiger partial charge in [-0.05, 0) is 22.8 Å². The maximum atomic E-state index is 10.1. The first kappa shape index (κ1) is 14.7. The van der Waals surface area contributed by atoms with Crippen LogP contribution in [0.3, 0.4) is 0 Å². The number of aliphatic hydroxyl groups is 1. The number of thioether (sulfide) groups is 1. The second kappa shape index (κ2) is 7.21. The number of aromatic nitrogens is 4. The zero-order valence-corrected chi connectivity index (χ0v) is 12.2. The van der Waals surface area contributed by atoms with Gasteiger partial charge < -0.3 is 10.8 Å². The van der Waals surface area contributed by atoms with Crippen LogP contribution < -0.4 is 5.73 Å². The van der Waals surface area contributed by atoms with Crippen molar-refractivity contribution in [3.05, 3.63) is 0 Å². The molecule has 1 aromatic heterocycles. The van der Waals surface area contributed by atoms with Crippen molar-refractivity contribution in [2.24, 2.45) is 18.7 Å². The van der Waals surface area contributed by atoms with Gasteiger partial charge in [0.25, 0.3) is 0 Å². The number of aryl methyl sites for hydroxylation is 1. The monoisotopic (exact) mass is 285 g/mol. The Kier molecular flexibility index (Phi) is 5.59. The number of hydrogen-bond acceptors (Lipinski definition) is 6. The first-order valence-electron chi connectivity index (χ1n) is 6.95. The smallest absolute Gasteiger partial charge is 0.209 e. The minimum Gasteiger partial charge on any atom is -0.391 e. The molecule has 0 aromatic carbocycles. The lowest BCUT2D eigenvalue weighted by atomic mass is 9.84. The standard InChI is InChI=1S/C12H23N5OS/c1-17-12(14-15-16-17)19-8-11(18)10(13)7-9-5-3-2-4-6-9/h9-11,18H,2-8,13H2,1H3/t10-,11-/m0/s1. The Bertz CT molecular complexity index is 380. The molecular weight excluding hydrogens is 262 g/mol. The maximum Gasteiger partial charge on any atom is 0.209 e. The number of nitrogens with two attached hydrogens (primary N) is 1. The SMILES string of the molecule is Cn1nnnc1SC[C@H](O)[C@@H](N)CC1CCCCC1. The quantitative estimate of drug-likeness (QED) is 0.757. The molecule has 1 fully saturated rings. The molecule has 0 amide bonds. The summed E-state index contributed by atoms with van der Waals surface area (Å²) >= 11 is 1.45. The van der Waals surface area contributed by atoms with E-state index in [1.165, 1.54) is 43.9 Å². The molecule has 2 rings (SSSR count). The highest BCUT2D eigenvalue weighted by atomic mass is 32.2. The van der Waals surface area contributed by atoms with E-state index >= 15 is 0 Å². The predicted octanol–water partition coefficient (Wildman–Crippen LogP) is 0.961. The van der Waals surface area contributed by atoms with Crippen LogP contribution in [0.25, 0.3) is 0 Å². The van der Waals surface area contributed by atoms with Crippen LogP contribution in [0.15, 0.2) is 5.16 Å². The van der Waals surface area contributed by atoms with E-state index in [0.29, 0.717) is 16.8 Å². The van der Waals surface area contributed by atoms with Crippen molar-refractivity contribution in [2.45, 2.75) is 55.8 Å². The zero-order chi connectivity index (χ0) is 13.7. The van der Waals surface area contributed by atoms with Gasteiger partial charge in [-0.25, -0.2) is 4.68 Å². The van der Waals surface area contributed by atoms with Crippen molar-refractivity contribution >= 4 is 11.8 Å². The van der Waals surface area contributed by atoms with E-state index in [1.807, 2.05) is 0 Å². The van der Waals surface area contributed by atoms with Gasteiger partial charge in [-0.3, -0.25) is 0 Å². The van der Waals surface area contributed by atoms with Crippen molar-refractivity contribution in [1.29, 1.82) is 0 Å². The van der Waals surface area contributed by atoms with Crippen molar-refractivity contribution in [2.75, 3.05) is 5.75 Å². The first-order chi connectivity index (χ1) is 9.16. The van der Waals surface area contributed by atoms with Gasteiger partial charge in [0.1, 0.15) is 0 Å². The Hall–Kier alpha value is -0.660. The molecule has 0 saturated heterocycles. The molecule has 108 valence electrons. The highest BCUT2D eigenvalue weighted by molar-refractivity contribution is 7.99. The van der Waals surface area contributed by atoms with Crippen LogP contribution >= 0.6 is 11.8 Å². The summed E-state index contributed by atoms with van der Waals surface area (Å²) in [7, 11) is 1.79. The predicted molar refractivity (Wildman–Crippen MR) is 74.7 cm³/mol. The fourth-order valence-corrected chi connectivity index (χ4v) is 3.48. The topological polar surface area (TPSA) is 89.8 Å². The Morgan fingerprint density at radius 2 is 2.16 bits per heavy atom. The fourth-order valence-electron chi connectivity index (χ4n) is 2.59. The lowest BCUT2D eigenvalue weighted by Gasteiger charge is -2.26. The van der Waals surface area contributed by atoms with E-state index in [1.54, 1.807) is 11.7 Å². The molecule has 7 heteroatoms. The Labute approximate surface area is 118 Å². The van der Waals surface area contributed by atoms with Crippen LogP contribution in [0.1, 0.15) is 38.5 Å². The van der Waals surface area contributed by atoms with Crippen LogP contribution in [0.5, 0.6) is 0 Å². The molecule has 6 nitrogen and oxygen atoms in total. The number of tetrazole rings is 1. The molecule has 1 aliphatic rings. The molecular formula is C12H23N5OS. The minimum absolute atomic E-state index is 0.142. The molecule has 0 unspecified atom stereocenters. The summed E-state index contributed by atoms with van der Waals surface area (Å²) in [6.45, 7) is 0. The minimum atomic E-state index is -0.497. The molecule has 1 aliphatic carbocycles. The Balaban J connectivity index is 1.72. The Morgan fingerprint density at radius 1 is 1.42 bits per heavy atom. The fraction of sp³-hybridized carbons (Fsp3) is 0.917. The second-order valence-corrected chi connectivity index (χ2v) is 6.35. The largest absolute Gasteiger partial charge is 0.391 e. The van der Waals surface area contributed by atoms with Gasteiger partial charge >= 0.3 is 0 Å². The number of nitrogens with zero attached hydrogens (tertiary/aromatic N) is 4. The van der Waals surface area contributed by atoms with Crippen LogP contribution in [0.4, 0.5) is 0 Å². The number of hydrogen-bond donors (Lipinski definition) is 2. The highest BCUT2D eigenvalue weighted by Crippen LogP contribution is 2.28. The van der Waals surface area contributed by atoms with Gasteiger partial charge in [0.15, 0.2) is 0 Å². The van der Waals surface area contributed by atoms with Crippen molar-refractivity contribution in [1.82, 2.24) is 20.2 Å². The third-order valence-electron chi connectivity index (χ3n) is 3.79. The van der Waals surface area contributed by atoms with Crippen LogP contribution in [0.2, 0.25) is 0 Å². The van der Waals surface area contributed by atoms with Crippen molar-refractivity contribution in [3.63, 3.8) is 0 Å². The number of aliphatic hydroxyl groups excluding tert-OH is 1. The van der Waals surface area contributed by atoms with Crippen molar-refractivity contribution < 1.29 is 5.11 Å². The average Bonchev–Trinajstić information content (AvgIpc) is 2.82. The second-order valence-electron chi connectivity index (χ2n) is 5.37. The lowest BCUT2D eigenvalue weighted by molar-refractivity contribution is 0.147. The summed E-state index contributed by atoms with van der Waals surface area (Å²) in [5, 5.41) is 22.0. The molecule has 0 spiro atoms. The summed E-state index contributed by atoms with van der Waals surface area (Å²) in [6, 6.07) is -0.142. The summed E-state index contributed by atoms with van der Waals surface area (Å²) in [5.74, 6) is 1.24. The summed E-state index contributed by atoms with van der Waals surface area (Å²) in [6.07, 6.45) is 6.94. The van der Waals surface area contributed by atoms with E-state index in [0.717, 1.165) is 6.42 Å². The summed E-state index contributed by atoms with van der Waals surface area (Å²) < 4.78 is 1.60. The van der Waals surface area contributed by atoms with E-state index in [-0.39, 0.29) is 6.04 Å². The summed E-state index contributed by atoms with van der Waals surface area (Å²) in [4.78, 5) is 0. The first-order valence-corrected chi connectivity index (χ1v) is 7.94. The molecule has 0 aliphatic heterocycles. The van der Waals surface area contributed by atoms with Crippen LogP contribution in [-0.2, 0) is 7.05 Å². The summed E-state index contributed by atoms with van der Waals surface area (Å²) in [5.41, 5.74) is 6.10. The number of rotatable bonds is 6. The van der Waals surface area contributed by atoms with Crippen LogP contribution in [0, 0.1) is 5.92 Å². The third-order valence-corrected chi connectivity index (χ3v) is 4.90. The molecule has 0 bridgehead atoms. The third kappa shape index (κ3) is 4.43. The van der Waals surface area contributed by atoms with E-state index in [4.69, 9.17) is 5.73 Å². The lowest BCUT2D eigenvalue weighted by Crippen LogP contribution is -2.38. The zero-order valence-electron chi connectivity index (χ0n) is 11.4. The van der Waals surface area contributed by atoms with Gasteiger partial charge in [0.2, 0.25) is 5.16 Å². The molecule has 2 atom stereocenters. The molecule has 1 aromatic rings. The molecule has 1 saturated carbocycles. The normalized spacial score (nSPS) is 20.4. The maximum absolute atomic E-state index is 10.1. The Morgan fingerprint density at radius 3 is 2.79 bits per heavy atom. The van der Waals surface area contributed by atoms with Gasteiger partial charge in [-0.2, -0.15) is 0 Å². The highest BCUT2D eigenvalue weighted by Gasteiger charge is 2.22. The molecule has 0 radical (unpaired) electrons. The van der Waals surface area contributed by atoms with Gasteiger partial charge in [-0.1, -0.05) is 43.9 Å². The average molecular weight is 285 g/mol.